The van der Waals surface area contributed by atoms with Crippen LogP contribution in [-0.2, 0) is 9.53 Å². The minimum Gasteiger partial charge on any atom is -0.362 e. The summed E-state index contributed by atoms with van der Waals surface area (Å²) in [4.78, 5) is 10.8. The summed E-state index contributed by atoms with van der Waals surface area (Å²) in [7, 11) is 0. The smallest absolute Gasteiger partial charge is 0.362 e. The quantitative estimate of drug-likeness (QED) is 0.727. The van der Waals surface area contributed by atoms with Crippen LogP contribution in [0.15, 0.2) is 0 Å². The SMILES string of the molecule is CC(CCl)NC(=O)COCC(F)(F)F. The Hall–Kier alpha value is -0.490. The Morgan fingerprint density at radius 2 is 2.14 bits per heavy atom. The molecule has 0 aliphatic rings. The van der Waals surface area contributed by atoms with Gasteiger partial charge in [-0.1, -0.05) is 0 Å². The van der Waals surface area contributed by atoms with Crippen molar-refractivity contribution >= 4 is 17.5 Å². The molecule has 0 heterocycles. The first kappa shape index (κ1) is 13.5. The van der Waals surface area contributed by atoms with E-state index in [2.05, 4.69) is 10.1 Å². The van der Waals surface area contributed by atoms with Crippen LogP contribution in [0, 0.1) is 0 Å². The summed E-state index contributed by atoms with van der Waals surface area (Å²) in [6, 6.07) is -0.279. The van der Waals surface area contributed by atoms with Crippen LogP contribution < -0.4 is 5.32 Å². The van der Waals surface area contributed by atoms with Crippen molar-refractivity contribution in [2.75, 3.05) is 19.1 Å². The first-order valence-corrected chi connectivity index (χ1v) is 4.38. The third-order valence-electron chi connectivity index (χ3n) is 1.14. The highest BCUT2D eigenvalue weighted by Gasteiger charge is 2.27. The van der Waals surface area contributed by atoms with Gasteiger partial charge in [0.25, 0.3) is 0 Å². The van der Waals surface area contributed by atoms with E-state index in [1.807, 2.05) is 0 Å². The molecule has 1 atom stereocenters. The molecule has 14 heavy (non-hydrogen) atoms. The van der Waals surface area contributed by atoms with Crippen molar-refractivity contribution in [3.05, 3.63) is 0 Å². The summed E-state index contributed by atoms with van der Waals surface area (Å²) in [5.41, 5.74) is 0. The molecule has 0 aromatic heterocycles. The molecule has 7 heteroatoms. The first-order valence-electron chi connectivity index (χ1n) is 3.85. The summed E-state index contributed by atoms with van der Waals surface area (Å²) in [6.45, 7) is -0.398. The molecule has 1 N–H and O–H groups in total. The minimum absolute atomic E-state index is 0.199. The van der Waals surface area contributed by atoms with Crippen LogP contribution in [-0.4, -0.2) is 37.2 Å². The largest absolute Gasteiger partial charge is 0.411 e. The van der Waals surface area contributed by atoms with Crippen molar-refractivity contribution in [3.63, 3.8) is 0 Å². The van der Waals surface area contributed by atoms with Gasteiger partial charge in [-0.05, 0) is 6.92 Å². The topological polar surface area (TPSA) is 38.3 Å². The maximum Gasteiger partial charge on any atom is 0.411 e. The van der Waals surface area contributed by atoms with Crippen molar-refractivity contribution < 1.29 is 22.7 Å². The molecule has 0 radical (unpaired) electrons. The van der Waals surface area contributed by atoms with E-state index < -0.39 is 25.3 Å². The highest BCUT2D eigenvalue weighted by Crippen LogP contribution is 2.13. The molecule has 0 aromatic carbocycles. The standard InChI is InChI=1S/C7H11ClF3NO2/c1-5(2-8)12-6(13)3-14-4-7(9,10)11/h5H,2-4H2,1H3,(H,12,13). The number of halogens is 4. The summed E-state index contributed by atoms with van der Waals surface area (Å²) < 4.78 is 38.8. The Balaban J connectivity index is 3.55. The predicted octanol–water partition coefficient (Wildman–Crippen LogP) is 1.31. The fourth-order valence-corrected chi connectivity index (χ4v) is 0.692. The van der Waals surface area contributed by atoms with Gasteiger partial charge in [-0.2, -0.15) is 13.2 Å². The van der Waals surface area contributed by atoms with Crippen LogP contribution in [0.3, 0.4) is 0 Å². The molecule has 0 saturated heterocycles. The Morgan fingerprint density at radius 3 is 2.57 bits per heavy atom. The average Bonchev–Trinajstić information content (AvgIpc) is 2.01. The van der Waals surface area contributed by atoms with E-state index >= 15 is 0 Å². The van der Waals surface area contributed by atoms with Crippen molar-refractivity contribution in [2.24, 2.45) is 0 Å². The lowest BCUT2D eigenvalue weighted by molar-refractivity contribution is -0.175. The fraction of sp³-hybridized carbons (Fsp3) is 0.857. The number of rotatable bonds is 5. The molecule has 0 aromatic rings. The van der Waals surface area contributed by atoms with E-state index in [1.165, 1.54) is 0 Å². The minimum atomic E-state index is -4.40. The maximum absolute atomic E-state index is 11.6. The molecule has 84 valence electrons. The first-order chi connectivity index (χ1) is 6.35. The normalized spacial score (nSPS) is 13.8. The number of alkyl halides is 4. The van der Waals surface area contributed by atoms with E-state index in [0.717, 1.165) is 0 Å². The Morgan fingerprint density at radius 1 is 1.57 bits per heavy atom. The monoisotopic (exact) mass is 233 g/mol. The summed E-state index contributed by atoms with van der Waals surface area (Å²) >= 11 is 5.37. The molecule has 3 nitrogen and oxygen atoms in total. The zero-order valence-corrected chi connectivity index (χ0v) is 8.28. The molecule has 1 unspecified atom stereocenters. The van der Waals surface area contributed by atoms with E-state index in [4.69, 9.17) is 11.6 Å². The van der Waals surface area contributed by atoms with Gasteiger partial charge in [0.15, 0.2) is 0 Å². The third kappa shape index (κ3) is 8.12. The molecule has 1 amide bonds. The van der Waals surface area contributed by atoms with Gasteiger partial charge in [-0.3, -0.25) is 4.79 Å². The molecule has 0 aliphatic heterocycles. The number of carbonyl (C=O) groups is 1. The van der Waals surface area contributed by atoms with Crippen LogP contribution in [0.25, 0.3) is 0 Å². The zero-order valence-electron chi connectivity index (χ0n) is 7.53. The zero-order chi connectivity index (χ0) is 11.2. The van der Waals surface area contributed by atoms with E-state index in [1.54, 1.807) is 6.92 Å². The lowest BCUT2D eigenvalue weighted by atomic mass is 10.4. The number of nitrogens with one attached hydrogen (secondary N) is 1. The molecule has 0 bridgehead atoms. The number of ether oxygens (including phenoxy) is 1. The van der Waals surface area contributed by atoms with Crippen LogP contribution in [0.2, 0.25) is 0 Å². The predicted molar refractivity (Wildman–Crippen MR) is 45.2 cm³/mol. The summed E-state index contributed by atoms with van der Waals surface area (Å²) in [6.07, 6.45) is -4.40. The van der Waals surface area contributed by atoms with Gasteiger partial charge in [-0.25, -0.2) is 0 Å². The lowest BCUT2D eigenvalue weighted by Gasteiger charge is -2.11. The lowest BCUT2D eigenvalue weighted by Crippen LogP contribution is -2.37. The summed E-state index contributed by atoms with van der Waals surface area (Å²) in [5, 5.41) is 2.35. The number of hydrogen-bond acceptors (Lipinski definition) is 2. The molecule has 0 spiro atoms. The maximum atomic E-state index is 11.6. The van der Waals surface area contributed by atoms with Crippen LogP contribution >= 0.6 is 11.6 Å². The van der Waals surface area contributed by atoms with Gasteiger partial charge in [-0.15, -0.1) is 11.6 Å². The second-order valence-electron chi connectivity index (χ2n) is 2.73. The Labute approximate surface area is 84.6 Å². The van der Waals surface area contributed by atoms with Crippen molar-refractivity contribution in [1.29, 1.82) is 0 Å². The van der Waals surface area contributed by atoms with Gasteiger partial charge < -0.3 is 10.1 Å². The number of amides is 1. The van der Waals surface area contributed by atoms with Crippen molar-refractivity contribution in [3.8, 4) is 0 Å². The second-order valence-corrected chi connectivity index (χ2v) is 3.04. The Kier molecular flexibility index (Phi) is 5.87. The van der Waals surface area contributed by atoms with E-state index in [9.17, 15) is 18.0 Å². The molecular weight excluding hydrogens is 223 g/mol. The molecular formula is C7H11ClF3NO2. The van der Waals surface area contributed by atoms with Crippen molar-refractivity contribution in [1.82, 2.24) is 5.32 Å². The fourth-order valence-electron chi connectivity index (χ4n) is 0.615. The van der Waals surface area contributed by atoms with Crippen LogP contribution in [0.4, 0.5) is 13.2 Å². The van der Waals surface area contributed by atoms with Crippen LogP contribution in [0.1, 0.15) is 6.92 Å². The highest BCUT2D eigenvalue weighted by molar-refractivity contribution is 6.18. The van der Waals surface area contributed by atoms with Gasteiger partial charge in [0.05, 0.1) is 0 Å². The van der Waals surface area contributed by atoms with Gasteiger partial charge in [0.2, 0.25) is 5.91 Å². The van der Waals surface area contributed by atoms with Crippen molar-refractivity contribution in [2.45, 2.75) is 19.1 Å². The molecule has 0 fully saturated rings. The third-order valence-corrected chi connectivity index (χ3v) is 1.60. The second kappa shape index (κ2) is 6.08. The number of hydrogen-bond donors (Lipinski definition) is 1. The van der Waals surface area contributed by atoms with E-state index in [-0.39, 0.29) is 11.9 Å². The van der Waals surface area contributed by atoms with E-state index in [0.29, 0.717) is 0 Å². The van der Waals surface area contributed by atoms with Gasteiger partial charge in [0, 0.05) is 11.9 Å². The van der Waals surface area contributed by atoms with Gasteiger partial charge >= 0.3 is 6.18 Å². The number of carbonyl (C=O) groups excluding carboxylic acids is 1. The van der Waals surface area contributed by atoms with Gasteiger partial charge in [0.1, 0.15) is 13.2 Å². The van der Waals surface area contributed by atoms with Crippen LogP contribution in [0.5, 0.6) is 0 Å². The highest BCUT2D eigenvalue weighted by atomic mass is 35.5. The Bertz CT molecular complexity index is 186. The summed E-state index contributed by atoms with van der Waals surface area (Å²) in [5.74, 6) is -0.409. The molecule has 0 saturated carbocycles. The molecule has 0 rings (SSSR count). The molecule has 0 aliphatic carbocycles. The average molecular weight is 234 g/mol.